The Balaban J connectivity index is 1.43. The van der Waals surface area contributed by atoms with Gasteiger partial charge in [-0.05, 0) is 54.2 Å². The SMILES string of the molecule is COc1ccc(CCNc2ncc3c(n2)C[C@H](c2cccc(Cl)c2)CC3=O)cc1. The van der Waals surface area contributed by atoms with Crippen LogP contribution in [0.25, 0.3) is 0 Å². The quantitative estimate of drug-likeness (QED) is 0.641. The smallest absolute Gasteiger partial charge is 0.222 e. The second-order valence-corrected chi connectivity index (χ2v) is 7.60. The molecule has 6 heteroatoms. The Morgan fingerprint density at radius 1 is 1.17 bits per heavy atom. The van der Waals surface area contributed by atoms with Crippen molar-refractivity contribution in [2.75, 3.05) is 19.0 Å². The van der Waals surface area contributed by atoms with Crippen LogP contribution < -0.4 is 10.1 Å². The Labute approximate surface area is 175 Å². The highest BCUT2D eigenvalue weighted by Gasteiger charge is 2.28. The third-order valence-corrected chi connectivity index (χ3v) is 5.45. The Hall–Kier alpha value is -2.92. The summed E-state index contributed by atoms with van der Waals surface area (Å²) in [6, 6.07) is 15.7. The average Bonchev–Trinajstić information content (AvgIpc) is 2.74. The molecule has 2 aromatic carbocycles. The van der Waals surface area contributed by atoms with E-state index >= 15 is 0 Å². The zero-order valence-electron chi connectivity index (χ0n) is 16.2. The molecule has 29 heavy (non-hydrogen) atoms. The summed E-state index contributed by atoms with van der Waals surface area (Å²) < 4.78 is 5.18. The molecule has 0 unspecified atom stereocenters. The van der Waals surface area contributed by atoms with Crippen LogP contribution in [0.3, 0.4) is 0 Å². The predicted octanol–water partition coefficient (Wildman–Crippen LogP) is 4.71. The maximum atomic E-state index is 12.6. The number of rotatable bonds is 6. The number of halogens is 1. The molecule has 1 aliphatic carbocycles. The molecular weight excluding hydrogens is 386 g/mol. The molecule has 3 aromatic rings. The number of hydrogen-bond donors (Lipinski definition) is 1. The van der Waals surface area contributed by atoms with Gasteiger partial charge in [-0.1, -0.05) is 35.9 Å². The van der Waals surface area contributed by atoms with Crippen molar-refractivity contribution in [3.05, 3.63) is 82.1 Å². The molecule has 1 N–H and O–H groups in total. The van der Waals surface area contributed by atoms with Gasteiger partial charge in [-0.15, -0.1) is 0 Å². The van der Waals surface area contributed by atoms with E-state index in [1.54, 1.807) is 13.3 Å². The lowest BCUT2D eigenvalue weighted by atomic mass is 9.82. The monoisotopic (exact) mass is 407 g/mol. The summed E-state index contributed by atoms with van der Waals surface area (Å²) in [6.45, 7) is 0.705. The third-order valence-electron chi connectivity index (χ3n) is 5.22. The minimum absolute atomic E-state index is 0.0843. The van der Waals surface area contributed by atoms with Gasteiger partial charge >= 0.3 is 0 Å². The summed E-state index contributed by atoms with van der Waals surface area (Å²) in [5.74, 6) is 1.58. The Morgan fingerprint density at radius 3 is 2.76 bits per heavy atom. The number of Topliss-reactive ketones (excluding diaryl/α,β-unsaturated/α-hetero) is 1. The highest BCUT2D eigenvalue weighted by Crippen LogP contribution is 2.32. The zero-order chi connectivity index (χ0) is 20.2. The lowest BCUT2D eigenvalue weighted by Crippen LogP contribution is -2.21. The van der Waals surface area contributed by atoms with Crippen LogP contribution >= 0.6 is 11.6 Å². The van der Waals surface area contributed by atoms with Gasteiger partial charge in [0.2, 0.25) is 5.95 Å². The van der Waals surface area contributed by atoms with E-state index in [1.165, 1.54) is 5.56 Å². The first-order valence-electron chi connectivity index (χ1n) is 9.64. The van der Waals surface area contributed by atoms with E-state index < -0.39 is 0 Å². The molecule has 0 saturated carbocycles. The summed E-state index contributed by atoms with van der Waals surface area (Å²) in [7, 11) is 1.66. The maximum absolute atomic E-state index is 12.6. The number of carbonyl (C=O) groups excluding carboxylic acids is 1. The molecule has 0 fully saturated rings. The van der Waals surface area contributed by atoms with E-state index in [9.17, 15) is 4.79 Å². The summed E-state index contributed by atoms with van der Waals surface area (Å²) in [4.78, 5) is 21.5. The van der Waals surface area contributed by atoms with Crippen molar-refractivity contribution >= 4 is 23.3 Å². The van der Waals surface area contributed by atoms with Gasteiger partial charge in [-0.2, -0.15) is 0 Å². The summed E-state index contributed by atoms with van der Waals surface area (Å²) in [6.07, 6.45) is 3.65. The van der Waals surface area contributed by atoms with Crippen molar-refractivity contribution in [2.24, 2.45) is 0 Å². The summed E-state index contributed by atoms with van der Waals surface area (Å²) in [5.41, 5.74) is 3.70. The van der Waals surface area contributed by atoms with Gasteiger partial charge in [0.25, 0.3) is 0 Å². The average molecular weight is 408 g/mol. The number of hydrogen-bond acceptors (Lipinski definition) is 5. The number of benzene rings is 2. The molecule has 1 aromatic heterocycles. The molecule has 1 heterocycles. The molecule has 0 aliphatic heterocycles. The minimum Gasteiger partial charge on any atom is -0.497 e. The lowest BCUT2D eigenvalue weighted by Gasteiger charge is -2.23. The number of aromatic nitrogens is 2. The third kappa shape index (κ3) is 4.57. The normalized spacial score (nSPS) is 15.7. The molecule has 148 valence electrons. The van der Waals surface area contributed by atoms with Crippen LogP contribution in [0.4, 0.5) is 5.95 Å². The molecule has 0 amide bonds. The fourth-order valence-corrected chi connectivity index (χ4v) is 3.84. The fourth-order valence-electron chi connectivity index (χ4n) is 3.64. The standard InChI is InChI=1S/C23H22ClN3O2/c1-29-19-7-5-15(6-8-19)9-10-25-23-26-14-20-21(27-23)12-17(13-22(20)28)16-3-2-4-18(24)11-16/h2-8,11,14,17H,9-10,12-13H2,1H3,(H,25,26,27)/t17-/m0/s1. The minimum atomic E-state index is 0.0843. The van der Waals surface area contributed by atoms with E-state index in [2.05, 4.69) is 15.3 Å². The Morgan fingerprint density at radius 2 is 2.00 bits per heavy atom. The summed E-state index contributed by atoms with van der Waals surface area (Å²) >= 11 is 6.12. The number of ether oxygens (including phenoxy) is 1. The first-order valence-corrected chi connectivity index (χ1v) is 10.0. The van der Waals surface area contributed by atoms with E-state index in [-0.39, 0.29) is 11.7 Å². The van der Waals surface area contributed by atoms with Crippen LogP contribution in [0.15, 0.2) is 54.7 Å². The molecule has 0 bridgehead atoms. The van der Waals surface area contributed by atoms with Gasteiger partial charge in [0.15, 0.2) is 5.78 Å². The molecule has 0 spiro atoms. The van der Waals surface area contributed by atoms with Crippen molar-refractivity contribution in [2.45, 2.75) is 25.2 Å². The van der Waals surface area contributed by atoms with Crippen molar-refractivity contribution in [3.8, 4) is 5.75 Å². The molecule has 0 radical (unpaired) electrons. The number of nitrogens with zero attached hydrogens (tertiary/aromatic N) is 2. The van der Waals surface area contributed by atoms with E-state index in [0.29, 0.717) is 35.9 Å². The summed E-state index contributed by atoms with van der Waals surface area (Å²) in [5, 5.41) is 3.95. The topological polar surface area (TPSA) is 64.1 Å². The van der Waals surface area contributed by atoms with E-state index in [4.69, 9.17) is 16.3 Å². The van der Waals surface area contributed by atoms with Crippen LogP contribution in [0, 0.1) is 0 Å². The fraction of sp³-hybridized carbons (Fsp3) is 0.261. The number of anilines is 1. The Kier molecular flexibility index (Phi) is 5.76. The number of ketones is 1. The first kappa shape index (κ1) is 19.4. The van der Waals surface area contributed by atoms with Crippen molar-refractivity contribution in [1.29, 1.82) is 0 Å². The van der Waals surface area contributed by atoms with Gasteiger partial charge in [0.05, 0.1) is 18.4 Å². The van der Waals surface area contributed by atoms with Gasteiger partial charge in [0.1, 0.15) is 5.75 Å². The van der Waals surface area contributed by atoms with Crippen LogP contribution in [0.1, 0.15) is 39.5 Å². The zero-order valence-corrected chi connectivity index (χ0v) is 16.9. The maximum Gasteiger partial charge on any atom is 0.222 e. The van der Waals surface area contributed by atoms with Gasteiger partial charge in [0, 0.05) is 24.2 Å². The first-order chi connectivity index (χ1) is 14.1. The van der Waals surface area contributed by atoms with Gasteiger partial charge < -0.3 is 10.1 Å². The lowest BCUT2D eigenvalue weighted by molar-refractivity contribution is 0.0962. The van der Waals surface area contributed by atoms with Crippen LogP contribution in [-0.2, 0) is 12.8 Å². The molecular formula is C23H22ClN3O2. The van der Waals surface area contributed by atoms with E-state index in [0.717, 1.165) is 23.4 Å². The van der Waals surface area contributed by atoms with Crippen molar-refractivity contribution in [1.82, 2.24) is 9.97 Å². The number of fused-ring (bicyclic) bond motifs is 1. The highest BCUT2D eigenvalue weighted by atomic mass is 35.5. The number of nitrogens with one attached hydrogen (secondary N) is 1. The van der Waals surface area contributed by atoms with Gasteiger partial charge in [-0.25, -0.2) is 9.97 Å². The largest absolute Gasteiger partial charge is 0.497 e. The molecule has 5 nitrogen and oxygen atoms in total. The van der Waals surface area contributed by atoms with E-state index in [1.807, 2.05) is 48.5 Å². The second-order valence-electron chi connectivity index (χ2n) is 7.16. The predicted molar refractivity (Wildman–Crippen MR) is 114 cm³/mol. The second kappa shape index (κ2) is 8.62. The van der Waals surface area contributed by atoms with Crippen LogP contribution in [0.5, 0.6) is 5.75 Å². The Bertz CT molecular complexity index is 1020. The molecule has 4 rings (SSSR count). The highest BCUT2D eigenvalue weighted by molar-refractivity contribution is 6.30. The molecule has 1 atom stereocenters. The molecule has 0 saturated heterocycles. The van der Waals surface area contributed by atoms with Crippen molar-refractivity contribution in [3.63, 3.8) is 0 Å². The van der Waals surface area contributed by atoms with Crippen molar-refractivity contribution < 1.29 is 9.53 Å². The number of methoxy groups -OCH3 is 1. The number of carbonyl (C=O) groups is 1. The van der Waals surface area contributed by atoms with Crippen LogP contribution in [0.2, 0.25) is 5.02 Å². The van der Waals surface area contributed by atoms with Crippen LogP contribution in [-0.4, -0.2) is 29.4 Å². The van der Waals surface area contributed by atoms with Gasteiger partial charge in [-0.3, -0.25) is 4.79 Å². The molecule has 1 aliphatic rings.